The minimum absolute atomic E-state index is 0.440. The highest BCUT2D eigenvalue weighted by atomic mass is 15.2. The molecule has 2 rings (SSSR count). The number of hydrogen-bond acceptors (Lipinski definition) is 2. The maximum Gasteiger partial charge on any atom is 0.0447 e. The fraction of sp³-hybridized carbons (Fsp3) is 0.667. The van der Waals surface area contributed by atoms with Gasteiger partial charge in [-0.1, -0.05) is 43.2 Å². The smallest absolute Gasteiger partial charge is 0.0447 e. The first-order valence-electron chi connectivity index (χ1n) is 7.87. The molecule has 0 bridgehead atoms. The maximum atomic E-state index is 3.50. The molecule has 20 heavy (non-hydrogen) atoms. The van der Waals surface area contributed by atoms with Crippen LogP contribution in [0.2, 0.25) is 0 Å². The average Bonchev–Trinajstić information content (AvgIpc) is 2.36. The van der Waals surface area contributed by atoms with Gasteiger partial charge in [0.2, 0.25) is 0 Å². The van der Waals surface area contributed by atoms with Crippen LogP contribution in [0.3, 0.4) is 0 Å². The summed E-state index contributed by atoms with van der Waals surface area (Å²) in [4.78, 5) is 2.62. The Labute approximate surface area is 124 Å². The first kappa shape index (κ1) is 15.5. The van der Waals surface area contributed by atoms with E-state index < -0.39 is 0 Å². The average molecular weight is 274 g/mol. The normalized spacial score (nSPS) is 20.9. The van der Waals surface area contributed by atoms with Gasteiger partial charge in [0.1, 0.15) is 0 Å². The number of hydrogen-bond donors (Lipinski definition) is 1. The monoisotopic (exact) mass is 274 g/mol. The summed E-state index contributed by atoms with van der Waals surface area (Å²) in [6.07, 6.45) is 2.63. The van der Waals surface area contributed by atoms with E-state index in [0.717, 1.165) is 6.54 Å². The summed E-state index contributed by atoms with van der Waals surface area (Å²) in [5.74, 6) is 0. The number of piperidine rings is 1. The summed E-state index contributed by atoms with van der Waals surface area (Å²) >= 11 is 0. The van der Waals surface area contributed by atoms with Crippen LogP contribution in [0.1, 0.15) is 49.4 Å². The Hall–Kier alpha value is -0.860. The van der Waals surface area contributed by atoms with Crippen molar-refractivity contribution in [1.82, 2.24) is 10.2 Å². The predicted octanol–water partition coefficient (Wildman–Crippen LogP) is 3.69. The number of benzene rings is 1. The van der Waals surface area contributed by atoms with Crippen LogP contribution in [-0.2, 0) is 0 Å². The van der Waals surface area contributed by atoms with Gasteiger partial charge in [0.25, 0.3) is 0 Å². The maximum absolute atomic E-state index is 3.50. The highest BCUT2D eigenvalue weighted by molar-refractivity contribution is 5.30. The number of likely N-dealkylation sites (tertiary alicyclic amines) is 1. The lowest BCUT2D eigenvalue weighted by Crippen LogP contribution is -2.41. The van der Waals surface area contributed by atoms with Gasteiger partial charge < -0.3 is 10.2 Å². The molecule has 0 amide bonds. The van der Waals surface area contributed by atoms with Crippen molar-refractivity contribution >= 4 is 0 Å². The van der Waals surface area contributed by atoms with Crippen molar-refractivity contribution in [3.63, 3.8) is 0 Å². The zero-order valence-electron chi connectivity index (χ0n) is 13.8. The van der Waals surface area contributed by atoms with Crippen molar-refractivity contribution in [2.75, 3.05) is 26.7 Å². The van der Waals surface area contributed by atoms with Gasteiger partial charge in [-0.05, 0) is 57.8 Å². The molecule has 1 aliphatic heterocycles. The molecule has 1 heterocycles. The summed E-state index contributed by atoms with van der Waals surface area (Å²) in [5, 5.41) is 3.50. The number of nitrogens with zero attached hydrogens (tertiary/aromatic N) is 1. The van der Waals surface area contributed by atoms with E-state index in [1.807, 2.05) is 0 Å². The van der Waals surface area contributed by atoms with E-state index in [-0.39, 0.29) is 0 Å². The van der Waals surface area contributed by atoms with Gasteiger partial charge in [-0.15, -0.1) is 0 Å². The van der Waals surface area contributed by atoms with E-state index in [1.165, 1.54) is 42.6 Å². The molecule has 112 valence electrons. The van der Waals surface area contributed by atoms with Gasteiger partial charge in [-0.3, -0.25) is 0 Å². The van der Waals surface area contributed by atoms with Crippen molar-refractivity contribution in [3.05, 3.63) is 34.9 Å². The molecule has 0 saturated carbocycles. The van der Waals surface area contributed by atoms with Crippen LogP contribution in [0, 0.1) is 19.3 Å². The minimum Gasteiger partial charge on any atom is -0.312 e. The standard InChI is InChI=1S/C18H30N2/c1-14-10-15(2)12-16(11-14)17(19-5)13-20-8-6-18(3,4)7-9-20/h10-12,17,19H,6-9,13H2,1-5H3. The Balaban J connectivity index is 2.02. The van der Waals surface area contributed by atoms with Crippen LogP contribution in [0.25, 0.3) is 0 Å². The molecule has 0 aromatic heterocycles. The van der Waals surface area contributed by atoms with Crippen LogP contribution in [-0.4, -0.2) is 31.6 Å². The number of likely N-dealkylation sites (N-methyl/N-ethyl adjacent to an activating group) is 1. The second kappa shape index (κ2) is 6.28. The highest BCUT2D eigenvalue weighted by Crippen LogP contribution is 2.30. The van der Waals surface area contributed by atoms with Crippen molar-refractivity contribution in [1.29, 1.82) is 0 Å². The lowest BCUT2D eigenvalue weighted by Gasteiger charge is -2.38. The molecule has 0 radical (unpaired) electrons. The Kier molecular flexibility index (Phi) is 4.87. The van der Waals surface area contributed by atoms with E-state index >= 15 is 0 Å². The molecule has 0 spiro atoms. The number of aryl methyl sites for hydroxylation is 2. The molecule has 1 saturated heterocycles. The second-order valence-electron chi connectivity index (χ2n) is 7.23. The summed E-state index contributed by atoms with van der Waals surface area (Å²) in [6.45, 7) is 12.7. The van der Waals surface area contributed by atoms with Crippen LogP contribution >= 0.6 is 0 Å². The zero-order chi connectivity index (χ0) is 14.8. The third-order valence-corrected chi connectivity index (χ3v) is 4.65. The van der Waals surface area contributed by atoms with Crippen molar-refractivity contribution in [3.8, 4) is 0 Å². The molecule has 2 heteroatoms. The Bertz CT molecular complexity index is 420. The van der Waals surface area contributed by atoms with Crippen molar-refractivity contribution in [2.24, 2.45) is 5.41 Å². The quantitative estimate of drug-likeness (QED) is 0.901. The fourth-order valence-electron chi connectivity index (χ4n) is 3.17. The topological polar surface area (TPSA) is 15.3 Å². The van der Waals surface area contributed by atoms with E-state index in [0.29, 0.717) is 11.5 Å². The SMILES string of the molecule is CNC(CN1CCC(C)(C)CC1)c1cc(C)cc(C)c1. The minimum atomic E-state index is 0.440. The molecule has 1 aromatic rings. The molecular formula is C18H30N2. The van der Waals surface area contributed by atoms with Crippen LogP contribution in [0.4, 0.5) is 0 Å². The highest BCUT2D eigenvalue weighted by Gasteiger charge is 2.26. The summed E-state index contributed by atoms with van der Waals surface area (Å²) in [6, 6.07) is 7.33. The van der Waals surface area contributed by atoms with Gasteiger partial charge in [0.15, 0.2) is 0 Å². The molecule has 1 N–H and O–H groups in total. The number of rotatable bonds is 4. The Morgan fingerprint density at radius 1 is 1.10 bits per heavy atom. The first-order valence-corrected chi connectivity index (χ1v) is 7.87. The van der Waals surface area contributed by atoms with Gasteiger partial charge in [0.05, 0.1) is 0 Å². The molecule has 1 aromatic carbocycles. The Morgan fingerprint density at radius 3 is 2.15 bits per heavy atom. The van der Waals surface area contributed by atoms with Gasteiger partial charge >= 0.3 is 0 Å². The predicted molar refractivity (Wildman–Crippen MR) is 87.2 cm³/mol. The molecule has 2 nitrogen and oxygen atoms in total. The molecular weight excluding hydrogens is 244 g/mol. The molecule has 1 fully saturated rings. The van der Waals surface area contributed by atoms with Crippen molar-refractivity contribution in [2.45, 2.75) is 46.6 Å². The lowest BCUT2D eigenvalue weighted by atomic mass is 9.82. The van der Waals surface area contributed by atoms with Gasteiger partial charge in [-0.25, -0.2) is 0 Å². The van der Waals surface area contributed by atoms with Crippen LogP contribution < -0.4 is 5.32 Å². The fourth-order valence-corrected chi connectivity index (χ4v) is 3.17. The van der Waals surface area contributed by atoms with Crippen LogP contribution in [0.5, 0.6) is 0 Å². The van der Waals surface area contributed by atoms with Gasteiger partial charge in [-0.2, -0.15) is 0 Å². The second-order valence-corrected chi connectivity index (χ2v) is 7.23. The molecule has 1 unspecified atom stereocenters. The van der Waals surface area contributed by atoms with Crippen molar-refractivity contribution < 1.29 is 0 Å². The van der Waals surface area contributed by atoms with E-state index in [4.69, 9.17) is 0 Å². The summed E-state index contributed by atoms with van der Waals surface area (Å²) in [7, 11) is 2.08. The first-order chi connectivity index (χ1) is 9.39. The third-order valence-electron chi connectivity index (χ3n) is 4.65. The lowest BCUT2D eigenvalue weighted by molar-refractivity contribution is 0.123. The van der Waals surface area contributed by atoms with Crippen LogP contribution in [0.15, 0.2) is 18.2 Å². The van der Waals surface area contributed by atoms with Gasteiger partial charge in [0, 0.05) is 12.6 Å². The molecule has 1 atom stereocenters. The van der Waals surface area contributed by atoms with E-state index in [1.54, 1.807) is 0 Å². The van der Waals surface area contributed by atoms with E-state index in [2.05, 4.69) is 63.2 Å². The zero-order valence-corrected chi connectivity index (χ0v) is 13.8. The third kappa shape index (κ3) is 4.07. The summed E-state index contributed by atoms with van der Waals surface area (Å²) < 4.78 is 0. The molecule has 0 aliphatic carbocycles. The number of nitrogens with one attached hydrogen (secondary N) is 1. The Morgan fingerprint density at radius 2 is 1.65 bits per heavy atom. The largest absolute Gasteiger partial charge is 0.312 e. The molecule has 1 aliphatic rings. The van der Waals surface area contributed by atoms with E-state index in [9.17, 15) is 0 Å². The summed E-state index contributed by atoms with van der Waals surface area (Å²) in [5.41, 5.74) is 4.68.